The molecule has 2 aromatic carbocycles. The topological polar surface area (TPSA) is 52.1 Å². The third-order valence-electron chi connectivity index (χ3n) is 3.11. The maximum absolute atomic E-state index is 11.3. The quantitative estimate of drug-likeness (QED) is 0.692. The molecule has 0 aliphatic rings. The highest BCUT2D eigenvalue weighted by Crippen LogP contribution is 2.27. The van der Waals surface area contributed by atoms with Crippen molar-refractivity contribution < 1.29 is 9.53 Å². The first-order valence-electron chi connectivity index (χ1n) is 6.30. The Morgan fingerprint density at radius 3 is 2.52 bits per heavy atom. The zero-order valence-corrected chi connectivity index (χ0v) is 12.0. The molecule has 0 amide bonds. The highest BCUT2D eigenvalue weighted by atomic mass is 35.5. The first-order valence-corrected chi connectivity index (χ1v) is 6.68. The second kappa shape index (κ2) is 5.50. The largest absolute Gasteiger partial charge is 0.480 e. The van der Waals surface area contributed by atoms with Gasteiger partial charge in [-0.2, -0.15) is 4.98 Å². The second-order valence-electron chi connectivity index (χ2n) is 4.43. The standard InChI is InChI=1S/C16H11ClN2O2/c1-21-16-12-8-7-11(14(17)20)9-13(12)18-15(19-16)10-5-3-2-4-6-10/h2-9H,1H3. The molecule has 0 saturated carbocycles. The molecule has 0 aliphatic carbocycles. The van der Waals surface area contributed by atoms with Gasteiger partial charge in [0.1, 0.15) is 0 Å². The van der Waals surface area contributed by atoms with Gasteiger partial charge in [0.05, 0.1) is 18.0 Å². The molecule has 0 unspecified atom stereocenters. The van der Waals surface area contributed by atoms with Gasteiger partial charge < -0.3 is 4.74 Å². The van der Waals surface area contributed by atoms with Gasteiger partial charge in [0.25, 0.3) is 5.24 Å². The van der Waals surface area contributed by atoms with Crippen LogP contribution in [0.15, 0.2) is 48.5 Å². The Morgan fingerprint density at radius 2 is 1.86 bits per heavy atom. The number of rotatable bonds is 3. The molecule has 1 aromatic heterocycles. The molecule has 3 rings (SSSR count). The van der Waals surface area contributed by atoms with Crippen molar-refractivity contribution in [1.29, 1.82) is 0 Å². The van der Waals surface area contributed by atoms with E-state index in [4.69, 9.17) is 16.3 Å². The number of hydrogen-bond donors (Lipinski definition) is 0. The van der Waals surface area contributed by atoms with Gasteiger partial charge in [0, 0.05) is 11.1 Å². The number of benzene rings is 2. The van der Waals surface area contributed by atoms with Crippen LogP contribution in [0.1, 0.15) is 10.4 Å². The average molecular weight is 299 g/mol. The summed E-state index contributed by atoms with van der Waals surface area (Å²) in [5.41, 5.74) is 1.89. The van der Waals surface area contributed by atoms with E-state index >= 15 is 0 Å². The SMILES string of the molecule is COc1nc(-c2ccccc2)nc2cc(C(=O)Cl)ccc12. The van der Waals surface area contributed by atoms with Crippen molar-refractivity contribution in [2.75, 3.05) is 7.11 Å². The predicted octanol–water partition coefficient (Wildman–Crippen LogP) is 3.68. The van der Waals surface area contributed by atoms with Crippen molar-refractivity contribution >= 4 is 27.7 Å². The zero-order valence-electron chi connectivity index (χ0n) is 11.2. The first kappa shape index (κ1) is 13.5. The first-order chi connectivity index (χ1) is 10.2. The summed E-state index contributed by atoms with van der Waals surface area (Å²) in [6.45, 7) is 0. The van der Waals surface area contributed by atoms with Crippen LogP contribution >= 0.6 is 11.6 Å². The van der Waals surface area contributed by atoms with Crippen LogP contribution in [0, 0.1) is 0 Å². The number of halogens is 1. The van der Waals surface area contributed by atoms with Crippen LogP contribution in [-0.4, -0.2) is 22.3 Å². The van der Waals surface area contributed by atoms with E-state index in [1.165, 1.54) is 0 Å². The molecule has 1 heterocycles. The Morgan fingerprint density at radius 1 is 1.10 bits per heavy atom. The van der Waals surface area contributed by atoms with Gasteiger partial charge in [0.15, 0.2) is 5.82 Å². The molecule has 104 valence electrons. The number of nitrogens with zero attached hydrogens (tertiary/aromatic N) is 2. The Hall–Kier alpha value is -2.46. The van der Waals surface area contributed by atoms with Gasteiger partial charge in [-0.25, -0.2) is 4.98 Å². The van der Waals surface area contributed by atoms with Gasteiger partial charge in [0.2, 0.25) is 5.88 Å². The lowest BCUT2D eigenvalue weighted by Gasteiger charge is -2.08. The van der Waals surface area contributed by atoms with E-state index in [9.17, 15) is 4.79 Å². The van der Waals surface area contributed by atoms with E-state index in [0.717, 1.165) is 10.9 Å². The Labute approximate surface area is 126 Å². The van der Waals surface area contributed by atoms with Crippen LogP contribution in [0.25, 0.3) is 22.3 Å². The number of carbonyl (C=O) groups is 1. The van der Waals surface area contributed by atoms with Gasteiger partial charge in [-0.3, -0.25) is 4.79 Å². The van der Waals surface area contributed by atoms with E-state index in [1.807, 2.05) is 30.3 Å². The molecule has 5 heteroatoms. The fraction of sp³-hybridized carbons (Fsp3) is 0.0625. The van der Waals surface area contributed by atoms with Crippen molar-refractivity contribution in [1.82, 2.24) is 9.97 Å². The third kappa shape index (κ3) is 2.58. The molecule has 0 aliphatic heterocycles. The van der Waals surface area contributed by atoms with Crippen LogP contribution in [0.5, 0.6) is 5.88 Å². The van der Waals surface area contributed by atoms with Crippen LogP contribution in [-0.2, 0) is 0 Å². The van der Waals surface area contributed by atoms with Crippen molar-refractivity contribution in [3.63, 3.8) is 0 Å². The fourth-order valence-corrected chi connectivity index (χ4v) is 2.21. The van der Waals surface area contributed by atoms with E-state index in [0.29, 0.717) is 22.8 Å². The molecule has 0 saturated heterocycles. The summed E-state index contributed by atoms with van der Waals surface area (Å²) in [6.07, 6.45) is 0. The molecule has 3 aromatic rings. The summed E-state index contributed by atoms with van der Waals surface area (Å²) in [4.78, 5) is 20.2. The molecule has 21 heavy (non-hydrogen) atoms. The number of aromatic nitrogens is 2. The minimum absolute atomic E-state index is 0.393. The van der Waals surface area contributed by atoms with E-state index < -0.39 is 5.24 Å². The lowest BCUT2D eigenvalue weighted by Crippen LogP contribution is -1.97. The maximum Gasteiger partial charge on any atom is 0.252 e. The number of fused-ring (bicyclic) bond motifs is 1. The summed E-state index contributed by atoms with van der Waals surface area (Å²) in [5, 5.41) is 0.217. The summed E-state index contributed by atoms with van der Waals surface area (Å²) in [6, 6.07) is 14.6. The maximum atomic E-state index is 11.3. The average Bonchev–Trinajstić information content (AvgIpc) is 2.54. The van der Waals surface area contributed by atoms with Gasteiger partial charge in [-0.1, -0.05) is 30.3 Å². The highest BCUT2D eigenvalue weighted by Gasteiger charge is 2.12. The van der Waals surface area contributed by atoms with E-state index in [2.05, 4.69) is 9.97 Å². The van der Waals surface area contributed by atoms with Crippen LogP contribution in [0.3, 0.4) is 0 Å². The molecule has 0 radical (unpaired) electrons. The van der Waals surface area contributed by atoms with Gasteiger partial charge in [-0.15, -0.1) is 0 Å². The van der Waals surface area contributed by atoms with Crippen LogP contribution in [0.4, 0.5) is 0 Å². The fourth-order valence-electron chi connectivity index (χ4n) is 2.09. The van der Waals surface area contributed by atoms with E-state index in [-0.39, 0.29) is 0 Å². The van der Waals surface area contributed by atoms with Gasteiger partial charge >= 0.3 is 0 Å². The third-order valence-corrected chi connectivity index (χ3v) is 3.33. The molecular formula is C16H11ClN2O2. The van der Waals surface area contributed by atoms with Crippen molar-refractivity contribution in [3.8, 4) is 17.3 Å². The Balaban J connectivity index is 2.26. The van der Waals surface area contributed by atoms with Crippen molar-refractivity contribution in [3.05, 3.63) is 54.1 Å². The number of carbonyl (C=O) groups excluding carboxylic acids is 1. The van der Waals surface area contributed by atoms with Crippen LogP contribution in [0.2, 0.25) is 0 Å². The monoisotopic (exact) mass is 298 g/mol. The number of methoxy groups -OCH3 is 1. The molecule has 4 nitrogen and oxygen atoms in total. The number of hydrogen-bond acceptors (Lipinski definition) is 4. The molecule has 0 N–H and O–H groups in total. The zero-order chi connectivity index (χ0) is 14.8. The lowest BCUT2D eigenvalue weighted by atomic mass is 10.1. The normalized spacial score (nSPS) is 10.6. The summed E-state index contributed by atoms with van der Waals surface area (Å²) < 4.78 is 5.32. The predicted molar refractivity (Wildman–Crippen MR) is 81.7 cm³/mol. The molecule has 0 spiro atoms. The van der Waals surface area contributed by atoms with E-state index in [1.54, 1.807) is 25.3 Å². The highest BCUT2D eigenvalue weighted by molar-refractivity contribution is 6.67. The summed E-state index contributed by atoms with van der Waals surface area (Å²) in [7, 11) is 1.55. The Kier molecular flexibility index (Phi) is 3.54. The molecule has 0 fully saturated rings. The van der Waals surface area contributed by atoms with Crippen LogP contribution < -0.4 is 4.74 Å². The number of ether oxygens (including phenoxy) is 1. The van der Waals surface area contributed by atoms with Crippen molar-refractivity contribution in [2.24, 2.45) is 0 Å². The second-order valence-corrected chi connectivity index (χ2v) is 4.77. The van der Waals surface area contributed by atoms with Crippen molar-refractivity contribution in [2.45, 2.75) is 0 Å². The minimum atomic E-state index is -0.518. The Bertz CT molecular complexity index is 819. The minimum Gasteiger partial charge on any atom is -0.480 e. The molecule has 0 bridgehead atoms. The lowest BCUT2D eigenvalue weighted by molar-refractivity contribution is 0.108. The summed E-state index contributed by atoms with van der Waals surface area (Å²) >= 11 is 5.52. The smallest absolute Gasteiger partial charge is 0.252 e. The molecular weight excluding hydrogens is 288 g/mol. The van der Waals surface area contributed by atoms with Gasteiger partial charge in [-0.05, 0) is 29.8 Å². The summed E-state index contributed by atoms with van der Waals surface area (Å²) in [5.74, 6) is 1.01. The molecule has 0 atom stereocenters.